The third-order valence-corrected chi connectivity index (χ3v) is 4.58. The van der Waals surface area contributed by atoms with Crippen LogP contribution in [0.5, 0.6) is 5.75 Å². The van der Waals surface area contributed by atoms with Gasteiger partial charge in [-0.2, -0.15) is 0 Å². The minimum atomic E-state index is 0.0807. The molecule has 1 fully saturated rings. The van der Waals surface area contributed by atoms with Gasteiger partial charge < -0.3 is 15.4 Å². The monoisotopic (exact) mass is 291 g/mol. The number of benzene rings is 1. The molecule has 1 saturated heterocycles. The number of rotatable bonds is 5. The van der Waals surface area contributed by atoms with Gasteiger partial charge in [0.05, 0.1) is 13.2 Å². The molecule has 118 valence electrons. The maximum absolute atomic E-state index is 6.31. The molecule has 1 aliphatic rings. The van der Waals surface area contributed by atoms with E-state index in [2.05, 4.69) is 43.0 Å². The normalized spacial score (nSPS) is 20.5. The van der Waals surface area contributed by atoms with Crippen molar-refractivity contribution in [3.63, 3.8) is 0 Å². The number of ether oxygens (including phenoxy) is 1. The number of hydrogen-bond acceptors (Lipinski definition) is 4. The van der Waals surface area contributed by atoms with Gasteiger partial charge in [-0.3, -0.25) is 4.90 Å². The van der Waals surface area contributed by atoms with Gasteiger partial charge in [0.1, 0.15) is 5.75 Å². The Bertz CT molecular complexity index is 439. The molecule has 0 saturated carbocycles. The van der Waals surface area contributed by atoms with Gasteiger partial charge in [0.25, 0.3) is 0 Å². The molecule has 2 unspecified atom stereocenters. The molecule has 1 aliphatic heterocycles. The van der Waals surface area contributed by atoms with E-state index in [4.69, 9.17) is 10.5 Å². The summed E-state index contributed by atoms with van der Waals surface area (Å²) in [5, 5.41) is 0. The molecule has 0 radical (unpaired) electrons. The molecule has 4 nitrogen and oxygen atoms in total. The van der Waals surface area contributed by atoms with Gasteiger partial charge in [-0.15, -0.1) is 0 Å². The molecule has 2 N–H and O–H groups in total. The van der Waals surface area contributed by atoms with E-state index in [9.17, 15) is 0 Å². The smallest absolute Gasteiger partial charge is 0.123 e. The van der Waals surface area contributed by atoms with Crippen LogP contribution in [0.25, 0.3) is 0 Å². The summed E-state index contributed by atoms with van der Waals surface area (Å²) < 4.78 is 5.54. The number of nitrogens with two attached hydrogens (primary N) is 1. The van der Waals surface area contributed by atoms with Crippen LogP contribution >= 0.6 is 0 Å². The fourth-order valence-electron chi connectivity index (χ4n) is 3.40. The Kier molecular flexibility index (Phi) is 5.62. The van der Waals surface area contributed by atoms with Crippen molar-refractivity contribution >= 4 is 0 Å². The van der Waals surface area contributed by atoms with Gasteiger partial charge in [0.15, 0.2) is 0 Å². The Labute approximate surface area is 128 Å². The van der Waals surface area contributed by atoms with E-state index >= 15 is 0 Å². The molecule has 2 rings (SSSR count). The summed E-state index contributed by atoms with van der Waals surface area (Å²) in [5.41, 5.74) is 7.52. The highest BCUT2D eigenvalue weighted by atomic mass is 16.5. The van der Waals surface area contributed by atoms with Crippen molar-refractivity contribution in [2.75, 3.05) is 34.3 Å². The Hall–Kier alpha value is -1.10. The molecule has 2 atom stereocenters. The zero-order chi connectivity index (χ0) is 15.4. The third-order valence-electron chi connectivity index (χ3n) is 4.58. The topological polar surface area (TPSA) is 41.7 Å². The minimum absolute atomic E-state index is 0.0807. The first-order valence-corrected chi connectivity index (χ1v) is 7.83. The van der Waals surface area contributed by atoms with Crippen molar-refractivity contribution < 1.29 is 4.74 Å². The summed E-state index contributed by atoms with van der Waals surface area (Å²) in [7, 11) is 6.07. The van der Waals surface area contributed by atoms with Crippen LogP contribution in [0.3, 0.4) is 0 Å². The summed E-state index contributed by atoms with van der Waals surface area (Å²) in [6.07, 6.45) is 2.40. The van der Waals surface area contributed by atoms with Crippen molar-refractivity contribution in [1.29, 1.82) is 0 Å². The molecule has 1 aromatic carbocycles. The summed E-state index contributed by atoms with van der Waals surface area (Å²) >= 11 is 0. The van der Waals surface area contributed by atoms with E-state index < -0.39 is 0 Å². The lowest BCUT2D eigenvalue weighted by Crippen LogP contribution is -2.47. The van der Waals surface area contributed by atoms with E-state index in [1.54, 1.807) is 7.11 Å². The van der Waals surface area contributed by atoms with E-state index in [0.29, 0.717) is 6.04 Å². The molecule has 0 aromatic heterocycles. The van der Waals surface area contributed by atoms with Crippen LogP contribution in [0.15, 0.2) is 24.3 Å². The first kappa shape index (κ1) is 16.3. The first-order chi connectivity index (χ1) is 10.0. The highest BCUT2D eigenvalue weighted by Gasteiger charge is 2.30. The van der Waals surface area contributed by atoms with Crippen LogP contribution in [0.1, 0.15) is 31.4 Å². The number of para-hydroxylation sites is 1. The number of likely N-dealkylation sites (tertiary alicyclic amines) is 1. The fourth-order valence-corrected chi connectivity index (χ4v) is 3.40. The molecule has 0 bridgehead atoms. The van der Waals surface area contributed by atoms with Crippen molar-refractivity contribution in [2.45, 2.75) is 37.9 Å². The highest BCUT2D eigenvalue weighted by molar-refractivity contribution is 5.36. The lowest BCUT2D eigenvalue weighted by atomic mass is 9.94. The second-order valence-electron chi connectivity index (χ2n) is 6.28. The minimum Gasteiger partial charge on any atom is -0.496 e. The SMILES string of the molecule is COc1ccccc1C(C(C)N)N1CCC(N(C)C)CC1. The zero-order valence-electron chi connectivity index (χ0n) is 13.7. The predicted octanol–water partition coefficient (Wildman–Crippen LogP) is 2.11. The maximum atomic E-state index is 6.31. The Morgan fingerprint density at radius 3 is 2.38 bits per heavy atom. The van der Waals surface area contributed by atoms with Crippen LogP contribution in [0, 0.1) is 0 Å². The van der Waals surface area contributed by atoms with Crippen LogP contribution < -0.4 is 10.5 Å². The molecule has 1 heterocycles. The van der Waals surface area contributed by atoms with Gasteiger partial charge in [0, 0.05) is 30.7 Å². The molecule has 1 aromatic rings. The average molecular weight is 291 g/mol. The van der Waals surface area contributed by atoms with Crippen LogP contribution in [0.4, 0.5) is 0 Å². The van der Waals surface area contributed by atoms with E-state index in [1.165, 1.54) is 18.4 Å². The summed E-state index contributed by atoms with van der Waals surface area (Å²) in [6.45, 7) is 4.27. The lowest BCUT2D eigenvalue weighted by Gasteiger charge is -2.41. The Morgan fingerprint density at radius 1 is 1.24 bits per heavy atom. The molecule has 0 aliphatic carbocycles. The second-order valence-corrected chi connectivity index (χ2v) is 6.28. The second kappa shape index (κ2) is 7.25. The van der Waals surface area contributed by atoms with Gasteiger partial charge in [-0.1, -0.05) is 18.2 Å². The van der Waals surface area contributed by atoms with Gasteiger partial charge >= 0.3 is 0 Å². The predicted molar refractivity (Wildman–Crippen MR) is 87.7 cm³/mol. The Balaban J connectivity index is 2.17. The maximum Gasteiger partial charge on any atom is 0.123 e. The van der Waals surface area contributed by atoms with Crippen LogP contribution in [-0.4, -0.2) is 56.2 Å². The van der Waals surface area contributed by atoms with Crippen LogP contribution in [-0.2, 0) is 0 Å². The quantitative estimate of drug-likeness (QED) is 0.902. The summed E-state index contributed by atoms with van der Waals surface area (Å²) in [6, 6.07) is 9.25. The van der Waals surface area contributed by atoms with Crippen LogP contribution in [0.2, 0.25) is 0 Å². The molecule has 0 spiro atoms. The number of methoxy groups -OCH3 is 1. The van der Waals surface area contributed by atoms with Gasteiger partial charge in [-0.25, -0.2) is 0 Å². The number of hydrogen-bond donors (Lipinski definition) is 1. The standard InChI is InChI=1S/C17H29N3O/c1-13(18)17(15-7-5-6-8-16(15)21-4)20-11-9-14(10-12-20)19(2)3/h5-8,13-14,17H,9-12,18H2,1-4H3. The number of nitrogens with zero attached hydrogens (tertiary/aromatic N) is 2. The zero-order valence-corrected chi connectivity index (χ0v) is 13.7. The lowest BCUT2D eigenvalue weighted by molar-refractivity contribution is 0.0970. The van der Waals surface area contributed by atoms with Crippen molar-refractivity contribution in [3.8, 4) is 5.75 Å². The number of piperidine rings is 1. The van der Waals surface area contributed by atoms with E-state index in [-0.39, 0.29) is 12.1 Å². The van der Waals surface area contributed by atoms with Crippen molar-refractivity contribution in [3.05, 3.63) is 29.8 Å². The largest absolute Gasteiger partial charge is 0.496 e. The van der Waals surface area contributed by atoms with Gasteiger partial charge in [-0.05, 0) is 39.9 Å². The van der Waals surface area contributed by atoms with E-state index in [0.717, 1.165) is 18.8 Å². The highest BCUT2D eigenvalue weighted by Crippen LogP contribution is 2.33. The Morgan fingerprint density at radius 2 is 1.86 bits per heavy atom. The molecule has 0 amide bonds. The van der Waals surface area contributed by atoms with Crippen molar-refractivity contribution in [1.82, 2.24) is 9.80 Å². The molecule has 4 heteroatoms. The molecular weight excluding hydrogens is 262 g/mol. The summed E-state index contributed by atoms with van der Waals surface area (Å²) in [5.74, 6) is 0.939. The third kappa shape index (κ3) is 3.76. The van der Waals surface area contributed by atoms with Gasteiger partial charge in [0.2, 0.25) is 0 Å². The van der Waals surface area contributed by atoms with E-state index in [1.807, 2.05) is 12.1 Å². The first-order valence-electron chi connectivity index (χ1n) is 7.83. The fraction of sp³-hybridized carbons (Fsp3) is 0.647. The average Bonchev–Trinajstić information content (AvgIpc) is 2.48. The molecular formula is C17H29N3O. The molecule has 21 heavy (non-hydrogen) atoms. The summed E-state index contributed by atoms with van der Waals surface area (Å²) in [4.78, 5) is 4.85. The van der Waals surface area contributed by atoms with Crippen molar-refractivity contribution in [2.24, 2.45) is 5.73 Å².